The van der Waals surface area contributed by atoms with Crippen molar-refractivity contribution in [3.63, 3.8) is 0 Å². The summed E-state index contributed by atoms with van der Waals surface area (Å²) < 4.78 is 10.7. The first-order valence-electron chi connectivity index (χ1n) is 5.26. The van der Waals surface area contributed by atoms with Gasteiger partial charge in [-0.3, -0.25) is 0 Å². The second-order valence-corrected chi connectivity index (χ2v) is 4.22. The third-order valence-corrected chi connectivity index (χ3v) is 2.50. The van der Waals surface area contributed by atoms with Gasteiger partial charge >= 0.3 is 0 Å². The van der Waals surface area contributed by atoms with Crippen molar-refractivity contribution in [3.8, 4) is 0 Å². The van der Waals surface area contributed by atoms with Gasteiger partial charge in [-0.1, -0.05) is 29.8 Å². The lowest BCUT2D eigenvalue weighted by Gasteiger charge is -2.26. The molecule has 0 aliphatic heterocycles. The Balaban J connectivity index is 2.63. The monoisotopic (exact) mass is 208 g/mol. The molecule has 0 fully saturated rings. The van der Waals surface area contributed by atoms with E-state index in [0.717, 1.165) is 0 Å². The smallest absolute Gasteiger partial charge is 0.0876 e. The molecule has 0 atom stereocenters. The number of ether oxygens (including phenoxy) is 2. The van der Waals surface area contributed by atoms with Gasteiger partial charge in [-0.25, -0.2) is 0 Å². The predicted molar refractivity (Wildman–Crippen MR) is 62.0 cm³/mol. The Morgan fingerprint density at radius 3 is 2.20 bits per heavy atom. The molecular weight excluding hydrogens is 188 g/mol. The number of methoxy groups -OCH3 is 1. The van der Waals surface area contributed by atoms with Gasteiger partial charge in [0.1, 0.15) is 0 Å². The second kappa shape index (κ2) is 5.29. The van der Waals surface area contributed by atoms with Crippen LogP contribution in [0.4, 0.5) is 0 Å². The summed E-state index contributed by atoms with van der Waals surface area (Å²) in [5.41, 5.74) is 2.22. The van der Waals surface area contributed by atoms with Gasteiger partial charge in [0.2, 0.25) is 0 Å². The van der Waals surface area contributed by atoms with Gasteiger partial charge < -0.3 is 9.47 Å². The molecule has 0 unspecified atom stereocenters. The van der Waals surface area contributed by atoms with Crippen LogP contribution in [0.25, 0.3) is 0 Å². The summed E-state index contributed by atoms with van der Waals surface area (Å²) in [4.78, 5) is 0. The molecule has 0 heterocycles. The van der Waals surface area contributed by atoms with E-state index in [-0.39, 0.29) is 5.60 Å². The highest BCUT2D eigenvalue weighted by Gasteiger charge is 2.20. The lowest BCUT2D eigenvalue weighted by molar-refractivity contribution is -0.0431. The summed E-state index contributed by atoms with van der Waals surface area (Å²) in [5.74, 6) is 0. The summed E-state index contributed by atoms with van der Waals surface area (Å²) in [6, 6.07) is 8.44. The van der Waals surface area contributed by atoms with Crippen LogP contribution in [0.5, 0.6) is 0 Å². The molecule has 0 spiro atoms. The molecule has 1 rings (SSSR count). The van der Waals surface area contributed by atoms with Gasteiger partial charge in [0, 0.05) is 7.11 Å². The highest BCUT2D eigenvalue weighted by atomic mass is 16.5. The van der Waals surface area contributed by atoms with E-state index in [1.807, 2.05) is 0 Å². The van der Waals surface area contributed by atoms with Crippen LogP contribution >= 0.6 is 0 Å². The lowest BCUT2D eigenvalue weighted by atomic mass is 9.97. The van der Waals surface area contributed by atoms with Gasteiger partial charge in [0.25, 0.3) is 0 Å². The van der Waals surface area contributed by atoms with Crippen molar-refractivity contribution in [2.45, 2.75) is 26.4 Å². The molecule has 0 aliphatic carbocycles. The first-order valence-corrected chi connectivity index (χ1v) is 5.26. The van der Waals surface area contributed by atoms with E-state index in [4.69, 9.17) is 9.47 Å². The Morgan fingerprint density at radius 1 is 1.07 bits per heavy atom. The van der Waals surface area contributed by atoms with E-state index in [2.05, 4.69) is 45.0 Å². The number of rotatable bonds is 5. The van der Waals surface area contributed by atoms with Crippen LogP contribution in [-0.2, 0) is 15.1 Å². The van der Waals surface area contributed by atoms with Crippen LogP contribution in [0, 0.1) is 6.92 Å². The maximum Gasteiger partial charge on any atom is 0.0876 e. The minimum Gasteiger partial charge on any atom is -0.382 e. The Morgan fingerprint density at radius 2 is 1.67 bits per heavy atom. The zero-order valence-corrected chi connectivity index (χ0v) is 10.0. The van der Waals surface area contributed by atoms with Crippen molar-refractivity contribution in [2.24, 2.45) is 0 Å². The molecule has 2 nitrogen and oxygen atoms in total. The van der Waals surface area contributed by atoms with Crippen molar-refractivity contribution in [1.29, 1.82) is 0 Å². The molecule has 0 aliphatic rings. The van der Waals surface area contributed by atoms with Gasteiger partial charge in [0.05, 0.1) is 18.8 Å². The van der Waals surface area contributed by atoms with Crippen molar-refractivity contribution < 1.29 is 9.47 Å². The molecule has 0 saturated heterocycles. The fourth-order valence-electron chi connectivity index (χ4n) is 1.42. The number of benzene rings is 1. The van der Waals surface area contributed by atoms with Gasteiger partial charge in [-0.15, -0.1) is 0 Å². The summed E-state index contributed by atoms with van der Waals surface area (Å²) in [7, 11) is 1.68. The summed E-state index contributed by atoms with van der Waals surface area (Å²) in [5, 5.41) is 0. The maximum atomic E-state index is 5.77. The van der Waals surface area contributed by atoms with Gasteiger partial charge in [-0.2, -0.15) is 0 Å². The predicted octanol–water partition coefficient (Wildman–Crippen LogP) is 2.89. The molecule has 1 aromatic rings. The maximum absolute atomic E-state index is 5.77. The van der Waals surface area contributed by atoms with Crippen LogP contribution < -0.4 is 0 Å². The molecule has 15 heavy (non-hydrogen) atoms. The Bertz CT molecular complexity index is 288. The average Bonchev–Trinajstić information content (AvgIpc) is 2.18. The molecule has 84 valence electrons. The third kappa shape index (κ3) is 3.65. The number of hydrogen-bond acceptors (Lipinski definition) is 2. The zero-order chi connectivity index (χ0) is 11.3. The summed E-state index contributed by atoms with van der Waals surface area (Å²) >= 11 is 0. The second-order valence-electron chi connectivity index (χ2n) is 4.22. The summed E-state index contributed by atoms with van der Waals surface area (Å²) in [6.07, 6.45) is 0. The van der Waals surface area contributed by atoms with Crippen LogP contribution in [-0.4, -0.2) is 20.3 Å². The number of aryl methyl sites for hydroxylation is 1. The standard InChI is InChI=1S/C13H20O2/c1-11-5-7-12(8-6-11)13(2,3)15-10-9-14-4/h5-8H,9-10H2,1-4H3. The first-order chi connectivity index (χ1) is 7.06. The topological polar surface area (TPSA) is 18.5 Å². The van der Waals surface area contributed by atoms with Crippen LogP contribution in [0.1, 0.15) is 25.0 Å². The van der Waals surface area contributed by atoms with E-state index in [1.54, 1.807) is 7.11 Å². The molecule has 0 aromatic heterocycles. The Kier molecular flexibility index (Phi) is 4.30. The Labute approximate surface area is 92.2 Å². The normalized spacial score (nSPS) is 11.7. The van der Waals surface area contributed by atoms with Crippen LogP contribution in [0.3, 0.4) is 0 Å². The minimum absolute atomic E-state index is 0.244. The van der Waals surface area contributed by atoms with E-state index in [1.165, 1.54) is 11.1 Å². The fourth-order valence-corrected chi connectivity index (χ4v) is 1.42. The highest BCUT2D eigenvalue weighted by Crippen LogP contribution is 2.24. The summed E-state index contributed by atoms with van der Waals surface area (Å²) in [6.45, 7) is 7.50. The van der Waals surface area contributed by atoms with Gasteiger partial charge in [-0.05, 0) is 26.3 Å². The van der Waals surface area contributed by atoms with Crippen molar-refractivity contribution >= 4 is 0 Å². The molecule has 0 radical (unpaired) electrons. The quantitative estimate of drug-likeness (QED) is 0.693. The lowest BCUT2D eigenvalue weighted by Crippen LogP contribution is -2.23. The van der Waals surface area contributed by atoms with Crippen molar-refractivity contribution in [3.05, 3.63) is 35.4 Å². The molecule has 0 bridgehead atoms. The van der Waals surface area contributed by atoms with Crippen LogP contribution in [0.2, 0.25) is 0 Å². The molecule has 0 N–H and O–H groups in total. The van der Waals surface area contributed by atoms with Crippen molar-refractivity contribution in [2.75, 3.05) is 20.3 Å². The third-order valence-electron chi connectivity index (χ3n) is 2.50. The molecule has 2 heteroatoms. The van der Waals surface area contributed by atoms with Crippen LogP contribution in [0.15, 0.2) is 24.3 Å². The minimum atomic E-state index is -0.244. The van der Waals surface area contributed by atoms with E-state index < -0.39 is 0 Å². The van der Waals surface area contributed by atoms with Crippen molar-refractivity contribution in [1.82, 2.24) is 0 Å². The number of hydrogen-bond donors (Lipinski definition) is 0. The SMILES string of the molecule is COCCOC(C)(C)c1ccc(C)cc1. The average molecular weight is 208 g/mol. The molecular formula is C13H20O2. The van der Waals surface area contributed by atoms with E-state index in [9.17, 15) is 0 Å². The van der Waals surface area contributed by atoms with Gasteiger partial charge in [0.15, 0.2) is 0 Å². The zero-order valence-electron chi connectivity index (χ0n) is 10.0. The Hall–Kier alpha value is -0.860. The highest BCUT2D eigenvalue weighted by molar-refractivity contribution is 5.25. The molecule has 1 aromatic carbocycles. The molecule has 0 amide bonds. The van der Waals surface area contributed by atoms with E-state index >= 15 is 0 Å². The molecule has 0 saturated carbocycles. The largest absolute Gasteiger partial charge is 0.382 e. The van der Waals surface area contributed by atoms with E-state index in [0.29, 0.717) is 13.2 Å². The first kappa shape index (κ1) is 12.2. The fraction of sp³-hybridized carbons (Fsp3) is 0.538.